The lowest BCUT2D eigenvalue weighted by Gasteiger charge is -2.12. The summed E-state index contributed by atoms with van der Waals surface area (Å²) in [4.78, 5) is 19.1. The Balaban J connectivity index is 2.36. The van der Waals surface area contributed by atoms with Gasteiger partial charge in [0.25, 0.3) is 5.91 Å². The SMILES string of the molecule is O=C(Nc1cc(C(F)(F)F)cc(Cl)c1O)c1cnccn1. The number of amides is 1. The topological polar surface area (TPSA) is 75.1 Å². The number of anilines is 1. The van der Waals surface area contributed by atoms with Crippen LogP contribution in [-0.4, -0.2) is 21.0 Å². The van der Waals surface area contributed by atoms with Crippen LogP contribution < -0.4 is 5.32 Å². The molecule has 1 aromatic heterocycles. The second-order valence-electron chi connectivity index (χ2n) is 3.90. The van der Waals surface area contributed by atoms with Crippen molar-refractivity contribution in [1.29, 1.82) is 0 Å². The minimum absolute atomic E-state index is 0.120. The molecule has 0 spiro atoms. The van der Waals surface area contributed by atoms with Gasteiger partial charge in [-0.05, 0) is 12.1 Å². The molecular formula is C12H7ClF3N3O2. The number of nitrogens with one attached hydrogen (secondary N) is 1. The van der Waals surface area contributed by atoms with Crippen LogP contribution in [0, 0.1) is 0 Å². The number of phenols is 1. The van der Waals surface area contributed by atoms with Crippen molar-refractivity contribution in [3.8, 4) is 5.75 Å². The number of halogens is 4. The number of nitrogens with zero attached hydrogens (tertiary/aromatic N) is 2. The van der Waals surface area contributed by atoms with Crippen molar-refractivity contribution in [2.24, 2.45) is 0 Å². The zero-order valence-electron chi connectivity index (χ0n) is 10.1. The Labute approximate surface area is 121 Å². The van der Waals surface area contributed by atoms with Gasteiger partial charge in [-0.25, -0.2) is 4.98 Å². The van der Waals surface area contributed by atoms with E-state index in [-0.39, 0.29) is 5.69 Å². The fourth-order valence-corrected chi connectivity index (χ4v) is 1.68. The summed E-state index contributed by atoms with van der Waals surface area (Å²) in [5.41, 5.74) is -1.68. The first kappa shape index (κ1) is 15.0. The Morgan fingerprint density at radius 3 is 2.57 bits per heavy atom. The lowest BCUT2D eigenvalue weighted by atomic mass is 10.1. The lowest BCUT2D eigenvalue weighted by molar-refractivity contribution is -0.137. The minimum atomic E-state index is -4.66. The summed E-state index contributed by atoms with van der Waals surface area (Å²) in [7, 11) is 0. The quantitative estimate of drug-likeness (QED) is 0.835. The summed E-state index contributed by atoms with van der Waals surface area (Å²) in [6.45, 7) is 0. The number of hydrogen-bond donors (Lipinski definition) is 2. The Morgan fingerprint density at radius 2 is 2.00 bits per heavy atom. The van der Waals surface area contributed by atoms with Gasteiger partial charge in [-0.15, -0.1) is 0 Å². The zero-order chi connectivity index (χ0) is 15.6. The van der Waals surface area contributed by atoms with Gasteiger partial charge in [-0.1, -0.05) is 11.6 Å². The molecule has 0 aliphatic carbocycles. The average Bonchev–Trinajstić information content (AvgIpc) is 2.43. The van der Waals surface area contributed by atoms with E-state index in [1.165, 1.54) is 12.4 Å². The highest BCUT2D eigenvalue weighted by molar-refractivity contribution is 6.32. The van der Waals surface area contributed by atoms with Crippen molar-refractivity contribution in [2.45, 2.75) is 6.18 Å². The van der Waals surface area contributed by atoms with Crippen LogP contribution >= 0.6 is 11.6 Å². The molecule has 2 N–H and O–H groups in total. The zero-order valence-corrected chi connectivity index (χ0v) is 10.9. The van der Waals surface area contributed by atoms with Crippen molar-refractivity contribution in [3.05, 3.63) is 47.0 Å². The largest absolute Gasteiger partial charge is 0.504 e. The highest BCUT2D eigenvalue weighted by Gasteiger charge is 2.32. The number of benzene rings is 1. The Kier molecular flexibility index (Phi) is 3.99. The van der Waals surface area contributed by atoms with E-state index in [0.29, 0.717) is 12.1 Å². The molecule has 5 nitrogen and oxygen atoms in total. The van der Waals surface area contributed by atoms with Crippen LogP contribution in [0.5, 0.6) is 5.75 Å². The Bertz CT molecular complexity index is 677. The standard InChI is InChI=1S/C12H7ClF3N3O2/c13-7-3-6(12(14,15)16)4-8(10(7)20)19-11(21)9-5-17-1-2-18-9/h1-5,20H,(H,19,21). The number of hydrogen-bond acceptors (Lipinski definition) is 4. The third-order valence-corrected chi connectivity index (χ3v) is 2.72. The average molecular weight is 318 g/mol. The third kappa shape index (κ3) is 3.40. The molecule has 0 aliphatic rings. The highest BCUT2D eigenvalue weighted by Crippen LogP contribution is 2.39. The number of alkyl halides is 3. The van der Waals surface area contributed by atoms with Gasteiger partial charge in [0, 0.05) is 12.4 Å². The molecule has 1 aromatic carbocycles. The molecule has 0 radical (unpaired) electrons. The molecule has 1 heterocycles. The predicted octanol–water partition coefficient (Wildman–Crippen LogP) is 3.11. The first-order valence-corrected chi connectivity index (χ1v) is 5.84. The molecule has 1 amide bonds. The van der Waals surface area contributed by atoms with E-state index in [1.807, 2.05) is 0 Å². The van der Waals surface area contributed by atoms with Gasteiger partial charge in [-0.2, -0.15) is 13.2 Å². The summed E-state index contributed by atoms with van der Waals surface area (Å²) in [6, 6.07) is 1.14. The maximum Gasteiger partial charge on any atom is 0.416 e. The van der Waals surface area contributed by atoms with E-state index in [1.54, 1.807) is 0 Å². The molecule has 0 saturated carbocycles. The molecule has 0 unspecified atom stereocenters. The van der Waals surface area contributed by atoms with E-state index in [9.17, 15) is 23.1 Å². The van der Waals surface area contributed by atoms with Crippen molar-refractivity contribution in [2.75, 3.05) is 5.32 Å². The Morgan fingerprint density at radius 1 is 1.29 bits per heavy atom. The smallest absolute Gasteiger partial charge is 0.416 e. The van der Waals surface area contributed by atoms with Gasteiger partial charge in [0.05, 0.1) is 22.5 Å². The van der Waals surface area contributed by atoms with Crippen molar-refractivity contribution < 1.29 is 23.1 Å². The number of rotatable bonds is 2. The van der Waals surface area contributed by atoms with Crippen LogP contribution in [0.1, 0.15) is 16.1 Å². The minimum Gasteiger partial charge on any atom is -0.504 e. The summed E-state index contributed by atoms with van der Waals surface area (Å²) in [6.07, 6.45) is -0.964. The van der Waals surface area contributed by atoms with Crippen molar-refractivity contribution in [1.82, 2.24) is 9.97 Å². The van der Waals surface area contributed by atoms with E-state index >= 15 is 0 Å². The summed E-state index contributed by atoms with van der Waals surface area (Å²) in [5.74, 6) is -1.49. The van der Waals surface area contributed by atoms with Gasteiger partial charge in [0.2, 0.25) is 0 Å². The number of aromatic nitrogens is 2. The van der Waals surface area contributed by atoms with E-state index < -0.39 is 34.1 Å². The lowest BCUT2D eigenvalue weighted by Crippen LogP contribution is -2.15. The molecule has 110 valence electrons. The van der Waals surface area contributed by atoms with Crippen LogP contribution in [-0.2, 0) is 6.18 Å². The van der Waals surface area contributed by atoms with Crippen molar-refractivity contribution >= 4 is 23.2 Å². The fourth-order valence-electron chi connectivity index (χ4n) is 1.46. The maximum absolute atomic E-state index is 12.7. The van der Waals surface area contributed by atoms with Gasteiger partial charge >= 0.3 is 6.18 Å². The van der Waals surface area contributed by atoms with E-state index in [0.717, 1.165) is 6.20 Å². The number of phenolic OH excluding ortho intramolecular Hbond substituents is 1. The van der Waals surface area contributed by atoms with Gasteiger partial charge < -0.3 is 10.4 Å². The van der Waals surface area contributed by atoms with Gasteiger partial charge in [0.15, 0.2) is 5.75 Å². The fraction of sp³-hybridized carbons (Fsp3) is 0.0833. The second-order valence-corrected chi connectivity index (χ2v) is 4.30. The summed E-state index contributed by atoms with van der Waals surface area (Å²) >= 11 is 5.53. The normalized spacial score (nSPS) is 11.2. The first-order chi connectivity index (χ1) is 9.79. The van der Waals surface area contributed by atoms with E-state index in [4.69, 9.17) is 11.6 Å². The molecule has 0 aliphatic heterocycles. The second kappa shape index (κ2) is 5.57. The molecule has 9 heteroatoms. The van der Waals surface area contributed by atoms with Crippen LogP contribution in [0.3, 0.4) is 0 Å². The highest BCUT2D eigenvalue weighted by atomic mass is 35.5. The molecule has 2 rings (SSSR count). The predicted molar refractivity (Wildman–Crippen MR) is 68.1 cm³/mol. The third-order valence-electron chi connectivity index (χ3n) is 2.43. The molecule has 2 aromatic rings. The molecular weight excluding hydrogens is 311 g/mol. The monoisotopic (exact) mass is 317 g/mol. The van der Waals surface area contributed by atoms with Crippen LogP contribution in [0.25, 0.3) is 0 Å². The van der Waals surface area contributed by atoms with Crippen molar-refractivity contribution in [3.63, 3.8) is 0 Å². The molecule has 0 bridgehead atoms. The Hall–Kier alpha value is -2.35. The van der Waals surface area contributed by atoms with Crippen LogP contribution in [0.2, 0.25) is 5.02 Å². The maximum atomic E-state index is 12.7. The summed E-state index contributed by atoms with van der Waals surface area (Å²) < 4.78 is 38.0. The molecule has 0 atom stereocenters. The van der Waals surface area contributed by atoms with Gasteiger partial charge in [-0.3, -0.25) is 9.78 Å². The molecule has 0 fully saturated rings. The summed E-state index contributed by atoms with van der Waals surface area (Å²) in [5, 5.41) is 11.2. The van der Waals surface area contributed by atoms with Gasteiger partial charge in [0.1, 0.15) is 5.69 Å². The molecule has 21 heavy (non-hydrogen) atoms. The van der Waals surface area contributed by atoms with Crippen LogP contribution in [0.15, 0.2) is 30.7 Å². The number of aromatic hydroxyl groups is 1. The molecule has 0 saturated heterocycles. The number of carbonyl (C=O) groups is 1. The first-order valence-electron chi connectivity index (χ1n) is 5.46. The van der Waals surface area contributed by atoms with E-state index in [2.05, 4.69) is 15.3 Å². The number of carbonyl (C=O) groups excluding carboxylic acids is 1. The van der Waals surface area contributed by atoms with Crippen LogP contribution in [0.4, 0.5) is 18.9 Å².